The Labute approximate surface area is 233 Å². The van der Waals surface area contributed by atoms with Gasteiger partial charge in [0, 0.05) is 45.3 Å². The zero-order chi connectivity index (χ0) is 25.9. The van der Waals surface area contributed by atoms with Gasteiger partial charge >= 0.3 is 0 Å². The fraction of sp³-hybridized carbons (Fsp3) is 0.185. The van der Waals surface area contributed by atoms with Gasteiger partial charge in [-0.25, -0.2) is 0 Å². The molecule has 0 aliphatic carbocycles. The number of thioether (sulfide) groups is 1. The average Bonchev–Trinajstić information content (AvgIpc) is 3.52. The molecule has 0 radical (unpaired) electrons. The van der Waals surface area contributed by atoms with Gasteiger partial charge in [-0.15, -0.1) is 22.0 Å². The summed E-state index contributed by atoms with van der Waals surface area (Å²) in [4.78, 5) is 28.4. The molecule has 1 N–H and O–H groups in total. The summed E-state index contributed by atoms with van der Waals surface area (Å²) in [6, 6.07) is 20.7. The second-order valence-corrected chi connectivity index (χ2v) is 11.5. The minimum atomic E-state index is -0.250. The molecule has 0 saturated carbocycles. The molecule has 6 nitrogen and oxygen atoms in total. The Morgan fingerprint density at radius 2 is 1.89 bits per heavy atom. The minimum absolute atomic E-state index is 0.0114. The SMILES string of the molecule is Cc1ccc(N2CC(c3nnc(NC(=O)c4ccccc4SCc4ccc(Cl)cc4)s3)CC2=O)cc1Cl. The predicted octanol–water partition coefficient (Wildman–Crippen LogP) is 7.22. The molecule has 0 spiro atoms. The summed E-state index contributed by atoms with van der Waals surface area (Å²) in [5, 5.41) is 13.8. The summed E-state index contributed by atoms with van der Waals surface area (Å²) in [7, 11) is 0. The minimum Gasteiger partial charge on any atom is -0.312 e. The van der Waals surface area contributed by atoms with Crippen LogP contribution in [-0.4, -0.2) is 28.6 Å². The van der Waals surface area contributed by atoms with Crippen LogP contribution < -0.4 is 10.2 Å². The topological polar surface area (TPSA) is 75.2 Å². The molecule has 1 aliphatic rings. The largest absolute Gasteiger partial charge is 0.312 e. The summed E-state index contributed by atoms with van der Waals surface area (Å²) in [5.74, 6) is 0.374. The first kappa shape index (κ1) is 25.7. The summed E-state index contributed by atoms with van der Waals surface area (Å²) >= 11 is 15.1. The van der Waals surface area contributed by atoms with E-state index in [9.17, 15) is 9.59 Å². The third-order valence-electron chi connectivity index (χ3n) is 6.04. The molecular weight excluding hydrogens is 547 g/mol. The fourth-order valence-corrected chi connectivity index (χ4v) is 6.14. The lowest BCUT2D eigenvalue weighted by Crippen LogP contribution is -2.24. The van der Waals surface area contributed by atoms with Gasteiger partial charge in [-0.05, 0) is 54.4 Å². The summed E-state index contributed by atoms with van der Waals surface area (Å²) in [6.45, 7) is 2.42. The second-order valence-electron chi connectivity index (χ2n) is 8.65. The van der Waals surface area contributed by atoms with Gasteiger partial charge in [-0.2, -0.15) is 0 Å². The Kier molecular flexibility index (Phi) is 7.81. The van der Waals surface area contributed by atoms with Crippen molar-refractivity contribution in [2.75, 3.05) is 16.8 Å². The highest BCUT2D eigenvalue weighted by atomic mass is 35.5. The molecule has 1 aliphatic heterocycles. The van der Waals surface area contributed by atoms with Crippen LogP contribution in [0.15, 0.2) is 71.6 Å². The number of carbonyl (C=O) groups excluding carboxylic acids is 2. The molecule has 0 bridgehead atoms. The standard InChI is InChI=1S/C27H22Cl2N4O2S2/c1-16-6-11-20(13-22(16)29)33-14-18(12-24(33)34)26-31-32-27(37-26)30-25(35)21-4-2-3-5-23(21)36-15-17-7-9-19(28)10-8-17/h2-11,13,18H,12,14-15H2,1H3,(H,30,32,35). The van der Waals surface area contributed by atoms with E-state index in [4.69, 9.17) is 23.2 Å². The van der Waals surface area contributed by atoms with Crippen LogP contribution >= 0.6 is 46.3 Å². The van der Waals surface area contributed by atoms with Gasteiger partial charge in [0.1, 0.15) is 5.01 Å². The van der Waals surface area contributed by atoms with E-state index in [1.165, 1.54) is 11.3 Å². The predicted molar refractivity (Wildman–Crippen MR) is 151 cm³/mol. The van der Waals surface area contributed by atoms with Crippen LogP contribution in [0.3, 0.4) is 0 Å². The molecule has 1 unspecified atom stereocenters. The van der Waals surface area contributed by atoms with Crippen LogP contribution in [0.1, 0.15) is 38.8 Å². The van der Waals surface area contributed by atoms with Gasteiger partial charge in [0.15, 0.2) is 0 Å². The first-order valence-corrected chi connectivity index (χ1v) is 14.1. The van der Waals surface area contributed by atoms with Gasteiger partial charge < -0.3 is 4.90 Å². The number of nitrogens with one attached hydrogen (secondary N) is 1. The summed E-state index contributed by atoms with van der Waals surface area (Å²) in [5.41, 5.74) is 3.42. The number of hydrogen-bond donors (Lipinski definition) is 1. The normalized spacial score (nSPS) is 15.3. The van der Waals surface area contributed by atoms with Crippen molar-refractivity contribution in [1.29, 1.82) is 0 Å². The van der Waals surface area contributed by atoms with Crippen molar-refractivity contribution in [1.82, 2.24) is 10.2 Å². The van der Waals surface area contributed by atoms with E-state index in [1.54, 1.807) is 22.7 Å². The summed E-state index contributed by atoms with van der Waals surface area (Å²) in [6.07, 6.45) is 0.332. The van der Waals surface area contributed by atoms with Crippen LogP contribution in [0, 0.1) is 6.92 Å². The van der Waals surface area contributed by atoms with Gasteiger partial charge in [0.05, 0.1) is 5.56 Å². The maximum atomic E-state index is 13.1. The first-order chi connectivity index (χ1) is 17.9. The Morgan fingerprint density at radius 3 is 2.68 bits per heavy atom. The van der Waals surface area contributed by atoms with E-state index in [0.717, 1.165) is 26.7 Å². The van der Waals surface area contributed by atoms with Gasteiger partial charge in [0.25, 0.3) is 5.91 Å². The fourth-order valence-electron chi connectivity index (χ4n) is 4.01. The van der Waals surface area contributed by atoms with Gasteiger partial charge in [-0.1, -0.05) is 64.9 Å². The molecule has 2 heterocycles. The monoisotopic (exact) mass is 568 g/mol. The molecular formula is C27H22Cl2N4O2S2. The number of amides is 2. The smallest absolute Gasteiger partial charge is 0.258 e. The van der Waals surface area contributed by atoms with Gasteiger partial charge in [0.2, 0.25) is 11.0 Å². The zero-order valence-corrected chi connectivity index (χ0v) is 22.9. The molecule has 1 fully saturated rings. The highest BCUT2D eigenvalue weighted by molar-refractivity contribution is 7.98. The Balaban J connectivity index is 1.24. The number of carbonyl (C=O) groups is 2. The Bertz CT molecular complexity index is 1460. The van der Waals surface area contributed by atoms with Crippen LogP contribution in [0.4, 0.5) is 10.8 Å². The van der Waals surface area contributed by atoms with Crippen molar-refractivity contribution < 1.29 is 9.59 Å². The molecule has 10 heteroatoms. The van der Waals surface area contributed by atoms with Gasteiger partial charge in [-0.3, -0.25) is 14.9 Å². The second kappa shape index (κ2) is 11.2. The maximum Gasteiger partial charge on any atom is 0.258 e. The third kappa shape index (κ3) is 5.99. The molecule has 1 saturated heterocycles. The molecule has 37 heavy (non-hydrogen) atoms. The first-order valence-electron chi connectivity index (χ1n) is 11.5. The van der Waals surface area contributed by atoms with E-state index in [1.807, 2.05) is 67.6 Å². The molecule has 1 aromatic heterocycles. The van der Waals surface area contributed by atoms with Crippen LogP contribution in [0.2, 0.25) is 10.0 Å². The number of anilines is 2. The number of rotatable bonds is 7. The molecule has 188 valence electrons. The highest BCUT2D eigenvalue weighted by Gasteiger charge is 2.34. The zero-order valence-electron chi connectivity index (χ0n) is 19.8. The van der Waals surface area contributed by atoms with Crippen molar-refractivity contribution in [2.45, 2.75) is 29.9 Å². The van der Waals surface area contributed by atoms with E-state index < -0.39 is 0 Å². The van der Waals surface area contributed by atoms with Crippen LogP contribution in [-0.2, 0) is 10.5 Å². The molecule has 4 aromatic rings. The molecule has 2 amide bonds. The van der Waals surface area contributed by atoms with Crippen LogP contribution in [0.5, 0.6) is 0 Å². The van der Waals surface area contributed by atoms with Crippen molar-refractivity contribution in [3.8, 4) is 0 Å². The number of nitrogens with zero attached hydrogens (tertiary/aromatic N) is 3. The van der Waals surface area contributed by atoms with Crippen LogP contribution in [0.25, 0.3) is 0 Å². The van der Waals surface area contributed by atoms with E-state index in [-0.39, 0.29) is 17.7 Å². The Hall–Kier alpha value is -2.91. The van der Waals surface area contributed by atoms with Crippen molar-refractivity contribution in [3.63, 3.8) is 0 Å². The van der Waals surface area contributed by atoms with Crippen molar-refractivity contribution in [2.24, 2.45) is 0 Å². The van der Waals surface area contributed by atoms with E-state index in [2.05, 4.69) is 15.5 Å². The lowest BCUT2D eigenvalue weighted by Gasteiger charge is -2.17. The molecule has 3 aromatic carbocycles. The number of halogens is 2. The quantitative estimate of drug-likeness (QED) is 0.238. The number of benzene rings is 3. The molecule has 1 atom stereocenters. The Morgan fingerprint density at radius 1 is 1.11 bits per heavy atom. The number of hydrogen-bond acceptors (Lipinski definition) is 6. The lowest BCUT2D eigenvalue weighted by atomic mass is 10.1. The number of aromatic nitrogens is 2. The maximum absolute atomic E-state index is 13.1. The summed E-state index contributed by atoms with van der Waals surface area (Å²) < 4.78 is 0. The van der Waals surface area contributed by atoms with Crippen molar-refractivity contribution >= 4 is 68.9 Å². The van der Waals surface area contributed by atoms with Crippen molar-refractivity contribution in [3.05, 3.63) is 98.5 Å². The lowest BCUT2D eigenvalue weighted by molar-refractivity contribution is -0.117. The number of aryl methyl sites for hydroxylation is 1. The van der Waals surface area contributed by atoms with E-state index in [0.29, 0.717) is 39.5 Å². The highest BCUT2D eigenvalue weighted by Crippen LogP contribution is 2.36. The molecule has 5 rings (SSSR count). The average molecular weight is 570 g/mol. The van der Waals surface area contributed by atoms with E-state index >= 15 is 0 Å². The third-order valence-corrected chi connectivity index (χ3v) is 8.85.